The van der Waals surface area contributed by atoms with E-state index in [0.29, 0.717) is 17.8 Å². The Morgan fingerprint density at radius 3 is 3.00 bits per heavy atom. The minimum Gasteiger partial charge on any atom is -0.480 e. The van der Waals surface area contributed by atoms with Crippen molar-refractivity contribution in [3.05, 3.63) is 17.8 Å². The Bertz CT molecular complexity index is 491. The highest BCUT2D eigenvalue weighted by Crippen LogP contribution is 2.14. The fourth-order valence-corrected chi connectivity index (χ4v) is 1.15. The summed E-state index contributed by atoms with van der Waals surface area (Å²) in [6.07, 6.45) is 0.594. The Labute approximate surface area is 79.3 Å². The van der Waals surface area contributed by atoms with Gasteiger partial charge in [-0.25, -0.2) is 4.98 Å². The lowest BCUT2D eigenvalue weighted by atomic mass is 10.5. The van der Waals surface area contributed by atoms with Gasteiger partial charge < -0.3 is 10.5 Å². The van der Waals surface area contributed by atoms with Crippen LogP contribution in [0.1, 0.15) is 10.5 Å². The van der Waals surface area contributed by atoms with Gasteiger partial charge >= 0.3 is 0 Å². The topological polar surface area (TPSA) is 82.5 Å². The zero-order valence-corrected chi connectivity index (χ0v) is 7.47. The van der Waals surface area contributed by atoms with Crippen LogP contribution in [0, 0.1) is 0 Å². The number of rotatable bonds is 2. The van der Waals surface area contributed by atoms with E-state index in [0.717, 1.165) is 0 Å². The second kappa shape index (κ2) is 2.99. The normalized spacial score (nSPS) is 10.4. The first kappa shape index (κ1) is 8.49. The molecular weight excluding hydrogens is 184 g/mol. The maximum Gasteiger partial charge on any atom is 0.231 e. The van der Waals surface area contributed by atoms with Crippen molar-refractivity contribution in [3.63, 3.8) is 0 Å². The number of hydrogen-bond acceptors (Lipinski definition) is 5. The van der Waals surface area contributed by atoms with Crippen molar-refractivity contribution in [1.29, 1.82) is 0 Å². The van der Waals surface area contributed by atoms with Crippen molar-refractivity contribution < 1.29 is 9.53 Å². The average molecular weight is 192 g/mol. The highest BCUT2D eigenvalue weighted by molar-refractivity contribution is 5.81. The van der Waals surface area contributed by atoms with Crippen LogP contribution in [0.5, 0.6) is 5.88 Å². The number of nitrogen functional groups attached to an aromatic ring is 1. The van der Waals surface area contributed by atoms with E-state index in [1.54, 1.807) is 12.1 Å². The number of aromatic nitrogens is 3. The van der Waals surface area contributed by atoms with Gasteiger partial charge in [0.1, 0.15) is 5.69 Å². The smallest absolute Gasteiger partial charge is 0.231 e. The molecule has 0 amide bonds. The first-order valence-electron chi connectivity index (χ1n) is 3.90. The number of nitrogens with two attached hydrogens (primary N) is 1. The van der Waals surface area contributed by atoms with Crippen molar-refractivity contribution in [1.82, 2.24) is 14.6 Å². The highest BCUT2D eigenvalue weighted by Gasteiger charge is 2.09. The Morgan fingerprint density at radius 1 is 1.57 bits per heavy atom. The highest BCUT2D eigenvalue weighted by atomic mass is 16.5. The van der Waals surface area contributed by atoms with Crippen LogP contribution in [0.2, 0.25) is 0 Å². The number of fused-ring (bicyclic) bond motifs is 1. The van der Waals surface area contributed by atoms with Crippen LogP contribution in [0.3, 0.4) is 0 Å². The van der Waals surface area contributed by atoms with Crippen molar-refractivity contribution in [2.75, 3.05) is 12.8 Å². The minimum absolute atomic E-state index is 0.186. The van der Waals surface area contributed by atoms with Crippen LogP contribution < -0.4 is 10.5 Å². The quantitative estimate of drug-likeness (QED) is 0.684. The molecule has 2 N–H and O–H groups in total. The van der Waals surface area contributed by atoms with Gasteiger partial charge in [0, 0.05) is 6.07 Å². The van der Waals surface area contributed by atoms with Crippen LogP contribution >= 0.6 is 0 Å². The fourth-order valence-electron chi connectivity index (χ4n) is 1.15. The van der Waals surface area contributed by atoms with Crippen molar-refractivity contribution >= 4 is 17.8 Å². The Morgan fingerprint density at radius 2 is 2.36 bits per heavy atom. The summed E-state index contributed by atoms with van der Waals surface area (Å²) >= 11 is 0. The van der Waals surface area contributed by atoms with Gasteiger partial charge in [-0.1, -0.05) is 0 Å². The number of ether oxygens (including phenoxy) is 1. The number of carbonyl (C=O) groups excluding carboxylic acids is 1. The number of aldehydes is 1. The van der Waals surface area contributed by atoms with E-state index in [4.69, 9.17) is 10.5 Å². The Balaban J connectivity index is 2.74. The van der Waals surface area contributed by atoms with Crippen LogP contribution in [0.15, 0.2) is 12.1 Å². The second-order valence-corrected chi connectivity index (χ2v) is 2.65. The van der Waals surface area contributed by atoms with Crippen LogP contribution in [0.4, 0.5) is 5.82 Å². The molecule has 6 heteroatoms. The van der Waals surface area contributed by atoms with E-state index >= 15 is 0 Å². The number of imidazole rings is 1. The van der Waals surface area contributed by atoms with Crippen LogP contribution in [-0.4, -0.2) is 28.0 Å². The number of hydrogen-bond donors (Lipinski definition) is 1. The molecule has 0 bridgehead atoms. The standard InChI is InChI=1S/C8H8N4O2/c1-14-7-3-2-6-10-5(4-13)8(9)12(6)11-7/h2-4H,9H2,1H3. The average Bonchev–Trinajstić information content (AvgIpc) is 2.55. The molecule has 0 atom stereocenters. The third kappa shape index (κ3) is 1.08. The largest absolute Gasteiger partial charge is 0.480 e. The molecule has 0 aliphatic carbocycles. The Hall–Kier alpha value is -2.11. The van der Waals surface area contributed by atoms with Gasteiger partial charge in [-0.15, -0.1) is 5.10 Å². The lowest BCUT2D eigenvalue weighted by Gasteiger charge is -1.98. The van der Waals surface area contributed by atoms with Gasteiger partial charge in [-0.05, 0) is 6.07 Å². The van der Waals surface area contributed by atoms with E-state index in [2.05, 4.69) is 10.1 Å². The summed E-state index contributed by atoms with van der Waals surface area (Å²) in [5, 5.41) is 4.01. The fraction of sp³-hybridized carbons (Fsp3) is 0.125. The van der Waals surface area contributed by atoms with Gasteiger partial charge in [0.25, 0.3) is 0 Å². The first-order valence-corrected chi connectivity index (χ1v) is 3.90. The van der Waals surface area contributed by atoms with E-state index in [1.165, 1.54) is 11.6 Å². The monoisotopic (exact) mass is 192 g/mol. The molecule has 2 heterocycles. The molecule has 72 valence electrons. The minimum atomic E-state index is 0.186. The summed E-state index contributed by atoms with van der Waals surface area (Å²) in [5.74, 6) is 0.632. The lowest BCUT2D eigenvalue weighted by Crippen LogP contribution is -2.00. The molecular formula is C8H8N4O2. The SMILES string of the molecule is COc1ccc2nc(C=O)c(N)n2n1. The molecule has 0 fully saturated rings. The van der Waals surface area contributed by atoms with Gasteiger partial charge in [0.2, 0.25) is 5.88 Å². The van der Waals surface area contributed by atoms with Gasteiger partial charge in [-0.2, -0.15) is 4.52 Å². The molecule has 0 unspecified atom stereocenters. The summed E-state index contributed by atoms with van der Waals surface area (Å²) in [6.45, 7) is 0. The molecule has 0 aliphatic heterocycles. The van der Waals surface area contributed by atoms with E-state index in [9.17, 15) is 4.79 Å². The lowest BCUT2D eigenvalue weighted by molar-refractivity contribution is 0.112. The third-order valence-corrected chi connectivity index (χ3v) is 1.84. The van der Waals surface area contributed by atoms with Gasteiger partial charge in [0.15, 0.2) is 17.8 Å². The van der Waals surface area contributed by atoms with Crippen molar-refractivity contribution in [3.8, 4) is 5.88 Å². The number of methoxy groups -OCH3 is 1. The molecule has 0 saturated carbocycles. The molecule has 0 spiro atoms. The maximum atomic E-state index is 10.5. The molecule has 6 nitrogen and oxygen atoms in total. The molecule has 0 radical (unpaired) electrons. The molecule has 2 rings (SSSR count). The summed E-state index contributed by atoms with van der Waals surface area (Å²) in [4.78, 5) is 14.5. The Kier molecular flexibility index (Phi) is 1.81. The summed E-state index contributed by atoms with van der Waals surface area (Å²) < 4.78 is 6.28. The molecule has 0 aliphatic rings. The van der Waals surface area contributed by atoms with Crippen molar-refractivity contribution in [2.45, 2.75) is 0 Å². The maximum absolute atomic E-state index is 10.5. The number of anilines is 1. The van der Waals surface area contributed by atoms with E-state index in [-0.39, 0.29) is 11.5 Å². The summed E-state index contributed by atoms with van der Waals surface area (Å²) in [7, 11) is 1.50. The molecule has 2 aromatic rings. The third-order valence-electron chi connectivity index (χ3n) is 1.84. The van der Waals surface area contributed by atoms with Crippen molar-refractivity contribution in [2.24, 2.45) is 0 Å². The van der Waals surface area contributed by atoms with Gasteiger partial charge in [0.05, 0.1) is 7.11 Å². The zero-order chi connectivity index (χ0) is 10.1. The van der Waals surface area contributed by atoms with Crippen LogP contribution in [0.25, 0.3) is 5.65 Å². The van der Waals surface area contributed by atoms with Gasteiger partial charge in [-0.3, -0.25) is 4.79 Å². The first-order chi connectivity index (χ1) is 6.76. The predicted molar refractivity (Wildman–Crippen MR) is 49.3 cm³/mol. The summed E-state index contributed by atoms with van der Waals surface area (Å²) in [5.41, 5.74) is 6.33. The second-order valence-electron chi connectivity index (χ2n) is 2.65. The summed E-state index contributed by atoms with van der Waals surface area (Å²) in [6, 6.07) is 3.32. The molecule has 0 aromatic carbocycles. The van der Waals surface area contributed by atoms with E-state index < -0.39 is 0 Å². The molecule has 0 saturated heterocycles. The zero-order valence-electron chi connectivity index (χ0n) is 7.47. The van der Waals surface area contributed by atoms with Crippen LogP contribution in [-0.2, 0) is 0 Å². The predicted octanol–water partition coefficient (Wildman–Crippen LogP) is 0.133. The van der Waals surface area contributed by atoms with E-state index in [1.807, 2.05) is 0 Å². The molecule has 2 aromatic heterocycles. The number of nitrogens with zero attached hydrogens (tertiary/aromatic N) is 3. The molecule has 14 heavy (non-hydrogen) atoms. The number of carbonyl (C=O) groups is 1.